The molecule has 0 aliphatic carbocycles. The number of nitrogens with zero attached hydrogens (tertiary/aromatic N) is 2. The van der Waals surface area contributed by atoms with Crippen molar-refractivity contribution in [2.45, 2.75) is 13.3 Å². The van der Waals surface area contributed by atoms with Crippen molar-refractivity contribution in [1.29, 1.82) is 0 Å². The quantitative estimate of drug-likeness (QED) is 0.691. The van der Waals surface area contributed by atoms with Crippen LogP contribution in [0.15, 0.2) is 24.3 Å². The molecule has 0 bridgehead atoms. The van der Waals surface area contributed by atoms with Gasteiger partial charge in [0.2, 0.25) is 10.0 Å². The van der Waals surface area contributed by atoms with E-state index in [9.17, 15) is 18.0 Å². The minimum absolute atomic E-state index is 0.0623. The van der Waals surface area contributed by atoms with Gasteiger partial charge in [-0.05, 0) is 37.6 Å². The lowest BCUT2D eigenvalue weighted by Gasteiger charge is -2.16. The summed E-state index contributed by atoms with van der Waals surface area (Å²) in [5.41, 5.74) is 1.16. The number of nitrogens with one attached hydrogen (secondary N) is 1. The first-order valence-corrected chi connectivity index (χ1v) is 9.72. The third-order valence-electron chi connectivity index (χ3n) is 3.98. The van der Waals surface area contributed by atoms with Gasteiger partial charge in [-0.15, -0.1) is 0 Å². The molecule has 0 radical (unpaired) electrons. The molecule has 1 aromatic carbocycles. The minimum atomic E-state index is -3.19. The molecule has 0 spiro atoms. The third-order valence-corrected chi connectivity index (χ3v) is 5.84. The molecule has 1 N–H and O–H groups in total. The molecule has 138 valence electrons. The normalized spacial score (nSPS) is 14.7. The van der Waals surface area contributed by atoms with Crippen LogP contribution in [-0.4, -0.2) is 63.8 Å². The largest absolute Gasteiger partial charge is 0.447 e. The van der Waals surface area contributed by atoms with Gasteiger partial charge in [-0.3, -0.25) is 9.69 Å². The van der Waals surface area contributed by atoms with Gasteiger partial charge in [-0.1, -0.05) is 0 Å². The maximum Gasteiger partial charge on any atom is 0.414 e. The van der Waals surface area contributed by atoms with Gasteiger partial charge in [0, 0.05) is 31.4 Å². The fourth-order valence-corrected chi connectivity index (χ4v) is 3.23. The summed E-state index contributed by atoms with van der Waals surface area (Å²) in [6.07, 6.45) is 0.141. The van der Waals surface area contributed by atoms with Crippen LogP contribution in [-0.2, 0) is 14.8 Å². The van der Waals surface area contributed by atoms with Gasteiger partial charge < -0.3 is 10.1 Å². The van der Waals surface area contributed by atoms with Gasteiger partial charge in [-0.2, -0.15) is 0 Å². The molecule has 0 saturated carbocycles. The Bertz CT molecular complexity index is 718. The highest BCUT2D eigenvalue weighted by atomic mass is 32.2. The van der Waals surface area contributed by atoms with E-state index in [-0.39, 0.29) is 17.8 Å². The summed E-state index contributed by atoms with van der Waals surface area (Å²) in [6.45, 7) is 3.19. The van der Waals surface area contributed by atoms with E-state index in [0.29, 0.717) is 43.9 Å². The van der Waals surface area contributed by atoms with Crippen LogP contribution >= 0.6 is 0 Å². The Hall–Kier alpha value is -2.13. The van der Waals surface area contributed by atoms with Crippen molar-refractivity contribution >= 4 is 27.7 Å². The number of anilines is 1. The van der Waals surface area contributed by atoms with E-state index in [1.807, 2.05) is 0 Å². The van der Waals surface area contributed by atoms with Crippen molar-refractivity contribution in [2.24, 2.45) is 0 Å². The Balaban J connectivity index is 1.80. The van der Waals surface area contributed by atoms with Gasteiger partial charge in [-0.25, -0.2) is 17.5 Å². The minimum Gasteiger partial charge on any atom is -0.447 e. The number of ether oxygens (including phenoxy) is 1. The highest BCUT2D eigenvalue weighted by molar-refractivity contribution is 7.89. The number of sulfonamides is 1. The monoisotopic (exact) mass is 369 g/mol. The fourth-order valence-electron chi connectivity index (χ4n) is 2.39. The first-order chi connectivity index (χ1) is 11.8. The van der Waals surface area contributed by atoms with Crippen LogP contribution in [0.1, 0.15) is 23.7 Å². The smallest absolute Gasteiger partial charge is 0.414 e. The van der Waals surface area contributed by atoms with Gasteiger partial charge >= 0.3 is 6.09 Å². The molecule has 25 heavy (non-hydrogen) atoms. The number of hydrogen-bond donors (Lipinski definition) is 1. The first kappa shape index (κ1) is 19.2. The molecule has 8 nitrogen and oxygen atoms in total. The Morgan fingerprint density at radius 3 is 2.56 bits per heavy atom. The fraction of sp³-hybridized carbons (Fsp3) is 0.500. The summed E-state index contributed by atoms with van der Waals surface area (Å²) in [6, 6.07) is 6.68. The van der Waals surface area contributed by atoms with Crippen LogP contribution in [0.25, 0.3) is 0 Å². The Labute approximate surface area is 147 Å². The Morgan fingerprint density at radius 1 is 1.32 bits per heavy atom. The van der Waals surface area contributed by atoms with Gasteiger partial charge in [0.1, 0.15) is 6.61 Å². The molecule has 9 heteroatoms. The summed E-state index contributed by atoms with van der Waals surface area (Å²) < 4.78 is 29.4. The number of rotatable bonds is 8. The lowest BCUT2D eigenvalue weighted by Crippen LogP contribution is -2.32. The number of amides is 2. The topological polar surface area (TPSA) is 96.0 Å². The van der Waals surface area contributed by atoms with E-state index < -0.39 is 10.0 Å². The molecule has 1 aromatic rings. The summed E-state index contributed by atoms with van der Waals surface area (Å²) in [5, 5.41) is 2.76. The highest BCUT2D eigenvalue weighted by Gasteiger charge is 2.23. The standard InChI is InChI=1S/C16H23N3O5S/c1-3-25(22,23)18(2)10-4-9-17-15(20)13-5-7-14(8-6-13)19-11-12-24-16(19)21/h5-8H,3-4,9-12H2,1-2H3,(H,17,20). The predicted molar refractivity (Wildman–Crippen MR) is 94.2 cm³/mol. The first-order valence-electron chi connectivity index (χ1n) is 8.11. The summed E-state index contributed by atoms with van der Waals surface area (Å²) in [7, 11) is -1.66. The maximum absolute atomic E-state index is 12.1. The zero-order valence-corrected chi connectivity index (χ0v) is 15.2. The molecule has 1 aliphatic heterocycles. The molecule has 0 aromatic heterocycles. The number of carbonyl (C=O) groups excluding carboxylic acids is 2. The number of carbonyl (C=O) groups is 2. The van der Waals surface area contributed by atoms with E-state index in [1.54, 1.807) is 31.2 Å². The van der Waals surface area contributed by atoms with Crippen molar-refractivity contribution in [3.05, 3.63) is 29.8 Å². The van der Waals surface area contributed by atoms with Gasteiger partial charge in [0.05, 0.1) is 12.3 Å². The SMILES string of the molecule is CCS(=O)(=O)N(C)CCCNC(=O)c1ccc(N2CCOC2=O)cc1. The molecule has 1 aliphatic rings. The zero-order valence-electron chi connectivity index (χ0n) is 14.4. The average Bonchev–Trinajstić information content (AvgIpc) is 3.04. The second-order valence-corrected chi connectivity index (χ2v) is 8.01. The van der Waals surface area contributed by atoms with Crippen molar-refractivity contribution in [3.63, 3.8) is 0 Å². The molecular formula is C16H23N3O5S. The summed E-state index contributed by atoms with van der Waals surface area (Å²) >= 11 is 0. The van der Waals surface area contributed by atoms with E-state index >= 15 is 0 Å². The van der Waals surface area contributed by atoms with E-state index in [1.165, 1.54) is 16.3 Å². The highest BCUT2D eigenvalue weighted by Crippen LogP contribution is 2.19. The number of benzene rings is 1. The summed E-state index contributed by atoms with van der Waals surface area (Å²) in [4.78, 5) is 25.1. The van der Waals surface area contributed by atoms with Crippen LogP contribution < -0.4 is 10.2 Å². The lowest BCUT2D eigenvalue weighted by molar-refractivity contribution is 0.0953. The van der Waals surface area contributed by atoms with E-state index in [0.717, 1.165) is 0 Å². The van der Waals surface area contributed by atoms with Crippen LogP contribution in [0, 0.1) is 0 Å². The van der Waals surface area contributed by atoms with E-state index in [2.05, 4.69) is 5.32 Å². The lowest BCUT2D eigenvalue weighted by atomic mass is 10.2. The van der Waals surface area contributed by atoms with Crippen LogP contribution in [0.5, 0.6) is 0 Å². The third kappa shape index (κ3) is 4.93. The molecule has 2 rings (SSSR count). The molecule has 1 fully saturated rings. The van der Waals surface area contributed by atoms with Gasteiger partial charge in [0.25, 0.3) is 5.91 Å². The zero-order chi connectivity index (χ0) is 18.4. The Kier molecular flexibility index (Phi) is 6.38. The average molecular weight is 369 g/mol. The van der Waals surface area contributed by atoms with Crippen molar-refractivity contribution in [3.8, 4) is 0 Å². The molecule has 1 heterocycles. The molecular weight excluding hydrogens is 346 g/mol. The Morgan fingerprint density at radius 2 is 2.00 bits per heavy atom. The predicted octanol–water partition coefficient (Wildman–Crippen LogP) is 1.04. The second kappa shape index (κ2) is 8.30. The van der Waals surface area contributed by atoms with Crippen molar-refractivity contribution in [2.75, 3.05) is 43.9 Å². The van der Waals surface area contributed by atoms with Crippen LogP contribution in [0.2, 0.25) is 0 Å². The van der Waals surface area contributed by atoms with Crippen molar-refractivity contribution in [1.82, 2.24) is 9.62 Å². The number of hydrogen-bond acceptors (Lipinski definition) is 5. The molecule has 0 atom stereocenters. The van der Waals surface area contributed by atoms with Gasteiger partial charge in [0.15, 0.2) is 0 Å². The second-order valence-electron chi connectivity index (χ2n) is 5.64. The molecule has 2 amide bonds. The maximum atomic E-state index is 12.1. The van der Waals surface area contributed by atoms with Crippen LogP contribution in [0.4, 0.5) is 10.5 Å². The van der Waals surface area contributed by atoms with E-state index in [4.69, 9.17) is 4.74 Å². The molecule has 1 saturated heterocycles. The molecule has 0 unspecified atom stereocenters. The van der Waals surface area contributed by atoms with Crippen molar-refractivity contribution < 1.29 is 22.7 Å². The van der Waals surface area contributed by atoms with Crippen LogP contribution in [0.3, 0.4) is 0 Å². The number of cyclic esters (lactones) is 1. The summed E-state index contributed by atoms with van der Waals surface area (Å²) in [5.74, 6) is -0.177.